The maximum atomic E-state index is 11.9. The Hall–Kier alpha value is -7.23. The van der Waals surface area contributed by atoms with E-state index in [9.17, 15) is 9.90 Å². The van der Waals surface area contributed by atoms with Crippen LogP contribution in [0.3, 0.4) is 0 Å². The van der Waals surface area contributed by atoms with Crippen molar-refractivity contribution in [1.29, 1.82) is 0 Å². The highest BCUT2D eigenvalue weighted by Crippen LogP contribution is 2.53. The smallest absolute Gasteiger partial charge is 0.335 e. The lowest BCUT2D eigenvalue weighted by Crippen LogP contribution is -2.13. The van der Waals surface area contributed by atoms with Crippen molar-refractivity contribution in [2.45, 2.75) is 163 Å². The SMILES string of the molecule is CCCCCCCCC(CCCCCC)Cn1c2cc(-c3ccc(-c4ccc(C(=O)O)cc4)c4nsnc34)c3cccc4c5cccc6c(N(c7ccc(OCCCCCC)cc7)c7ccc(OCCCCCC)cc7)cc1c(c65)c2c34. The Balaban J connectivity index is 1.12. The summed E-state index contributed by atoms with van der Waals surface area (Å²) in [5.74, 6) is 1.36. The van der Waals surface area contributed by atoms with Crippen LogP contribution < -0.4 is 14.4 Å². The van der Waals surface area contributed by atoms with E-state index in [1.807, 2.05) is 12.1 Å². The number of aromatic nitrogens is 3. The van der Waals surface area contributed by atoms with Crippen LogP contribution in [-0.2, 0) is 6.54 Å². The van der Waals surface area contributed by atoms with Crippen molar-refractivity contribution in [1.82, 2.24) is 13.3 Å². The summed E-state index contributed by atoms with van der Waals surface area (Å²) in [5, 5.41) is 19.9. The zero-order valence-corrected chi connectivity index (χ0v) is 49.7. The molecule has 1 unspecified atom stereocenters. The predicted octanol–water partition coefficient (Wildman–Crippen LogP) is 21.9. The minimum absolute atomic E-state index is 0.259. The van der Waals surface area contributed by atoms with Gasteiger partial charge in [0, 0.05) is 56.0 Å². The minimum Gasteiger partial charge on any atom is -0.494 e. The van der Waals surface area contributed by atoms with Crippen LogP contribution in [0.5, 0.6) is 11.5 Å². The lowest BCUT2D eigenvalue weighted by molar-refractivity contribution is 0.0697. The average Bonchev–Trinajstić information content (AvgIpc) is 1.84. The highest BCUT2D eigenvalue weighted by molar-refractivity contribution is 7.00. The van der Waals surface area contributed by atoms with Gasteiger partial charge in [-0.1, -0.05) is 191 Å². The van der Waals surface area contributed by atoms with Crippen molar-refractivity contribution in [3.05, 3.63) is 139 Å². The summed E-state index contributed by atoms with van der Waals surface area (Å²) < 4.78 is 25.5. The van der Waals surface area contributed by atoms with Gasteiger partial charge in [0.2, 0.25) is 0 Å². The van der Waals surface area contributed by atoms with Gasteiger partial charge in [-0.05, 0) is 132 Å². The second-order valence-electron chi connectivity index (χ2n) is 23.1. The molecule has 0 saturated heterocycles. The van der Waals surface area contributed by atoms with Crippen LogP contribution in [0.1, 0.15) is 166 Å². The summed E-state index contributed by atoms with van der Waals surface area (Å²) in [6.07, 6.45) is 24.5. The molecule has 0 bridgehead atoms. The van der Waals surface area contributed by atoms with E-state index in [1.165, 1.54) is 181 Å². The largest absolute Gasteiger partial charge is 0.494 e. The topological polar surface area (TPSA) is 89.7 Å². The lowest BCUT2D eigenvalue weighted by Gasteiger charge is -2.28. The van der Waals surface area contributed by atoms with E-state index in [0.29, 0.717) is 19.1 Å². The molecule has 9 heteroatoms. The summed E-state index contributed by atoms with van der Waals surface area (Å²) in [5.41, 5.74) is 11.8. The van der Waals surface area contributed by atoms with Gasteiger partial charge in [0.15, 0.2) is 0 Å². The number of carboxylic acid groups (broad SMARTS) is 1. The lowest BCUT2D eigenvalue weighted by atomic mass is 9.86. The number of aromatic carboxylic acids is 1. The van der Waals surface area contributed by atoms with Gasteiger partial charge in [-0.3, -0.25) is 0 Å². The van der Waals surface area contributed by atoms with E-state index >= 15 is 0 Å². The monoisotopic (exact) mass is 1110 g/mol. The van der Waals surface area contributed by atoms with Crippen molar-refractivity contribution in [2.24, 2.45) is 5.92 Å². The Morgan fingerprint density at radius 3 is 1.55 bits per heavy atom. The summed E-state index contributed by atoms with van der Waals surface area (Å²) in [7, 11) is 0. The third-order valence-electron chi connectivity index (χ3n) is 17.4. The van der Waals surface area contributed by atoms with Crippen molar-refractivity contribution in [3.63, 3.8) is 0 Å². The Morgan fingerprint density at radius 2 is 0.976 bits per heavy atom. The third-order valence-corrected chi connectivity index (χ3v) is 17.9. The fourth-order valence-electron chi connectivity index (χ4n) is 13.0. The second kappa shape index (κ2) is 26.8. The summed E-state index contributed by atoms with van der Waals surface area (Å²) >= 11 is 1.23. The van der Waals surface area contributed by atoms with E-state index in [4.69, 9.17) is 18.2 Å². The van der Waals surface area contributed by atoms with E-state index in [-0.39, 0.29) is 5.56 Å². The van der Waals surface area contributed by atoms with Gasteiger partial charge < -0.3 is 24.0 Å². The summed E-state index contributed by atoms with van der Waals surface area (Å²) in [4.78, 5) is 14.3. The van der Waals surface area contributed by atoms with Gasteiger partial charge in [-0.25, -0.2) is 4.79 Å². The van der Waals surface area contributed by atoms with Crippen LogP contribution >= 0.6 is 11.7 Å². The predicted molar refractivity (Wildman–Crippen MR) is 347 cm³/mol. The number of hydrogen-bond acceptors (Lipinski definition) is 7. The zero-order chi connectivity index (χ0) is 56.4. The number of benzene rings is 9. The molecule has 9 aromatic carbocycles. The minimum atomic E-state index is -0.940. The number of carbonyl (C=O) groups is 1. The molecule has 1 N–H and O–H groups in total. The molecule has 2 aromatic heterocycles. The van der Waals surface area contributed by atoms with Crippen LogP contribution in [0.4, 0.5) is 17.1 Å². The Labute approximate surface area is 489 Å². The molecule has 0 aliphatic heterocycles. The molecule has 2 heterocycles. The molecule has 0 saturated carbocycles. The van der Waals surface area contributed by atoms with E-state index < -0.39 is 5.97 Å². The number of ether oxygens (including phenoxy) is 2. The van der Waals surface area contributed by atoms with Gasteiger partial charge in [0.25, 0.3) is 0 Å². The molecular formula is C73H82N4O4S. The van der Waals surface area contributed by atoms with E-state index in [0.717, 1.165) is 81.2 Å². The second-order valence-corrected chi connectivity index (χ2v) is 23.6. The number of nitrogens with zero attached hydrogens (tertiary/aromatic N) is 4. The molecule has 0 amide bonds. The number of anilines is 3. The van der Waals surface area contributed by atoms with Crippen molar-refractivity contribution in [3.8, 4) is 33.8 Å². The number of carboxylic acids is 1. The van der Waals surface area contributed by atoms with Crippen molar-refractivity contribution >= 4 is 99.9 Å². The fourth-order valence-corrected chi connectivity index (χ4v) is 13.6. The van der Waals surface area contributed by atoms with Gasteiger partial charge in [0.05, 0.1) is 47.2 Å². The Morgan fingerprint density at radius 1 is 0.500 bits per heavy atom. The maximum Gasteiger partial charge on any atom is 0.335 e. The van der Waals surface area contributed by atoms with Gasteiger partial charge in [-0.2, -0.15) is 8.75 Å². The highest BCUT2D eigenvalue weighted by Gasteiger charge is 2.29. The molecule has 11 aromatic rings. The number of unbranched alkanes of at least 4 members (excludes halogenated alkanes) is 14. The first-order valence-corrected chi connectivity index (χ1v) is 32.0. The molecule has 1 atom stereocenters. The van der Waals surface area contributed by atoms with Gasteiger partial charge in [0.1, 0.15) is 22.5 Å². The summed E-state index contributed by atoms with van der Waals surface area (Å²) in [6, 6.07) is 47.9. The summed E-state index contributed by atoms with van der Waals surface area (Å²) in [6.45, 7) is 11.5. The van der Waals surface area contributed by atoms with Crippen molar-refractivity contribution < 1.29 is 19.4 Å². The molecule has 11 rings (SSSR count). The Bertz CT molecular complexity index is 3790. The maximum absolute atomic E-state index is 11.9. The normalized spacial score (nSPS) is 12.3. The van der Waals surface area contributed by atoms with Gasteiger partial charge in [-0.15, -0.1) is 0 Å². The zero-order valence-electron chi connectivity index (χ0n) is 48.9. The first-order chi connectivity index (χ1) is 40.4. The average molecular weight is 1110 g/mol. The third kappa shape index (κ3) is 11.9. The van der Waals surface area contributed by atoms with Crippen molar-refractivity contribution in [2.75, 3.05) is 18.1 Å². The Kier molecular flexibility index (Phi) is 18.5. The van der Waals surface area contributed by atoms with Crippen LogP contribution in [-0.4, -0.2) is 37.6 Å². The van der Waals surface area contributed by atoms with Gasteiger partial charge >= 0.3 is 5.97 Å². The molecular weight excluding hydrogens is 1030 g/mol. The first kappa shape index (κ1) is 56.6. The molecule has 0 aliphatic carbocycles. The molecule has 0 fully saturated rings. The molecule has 82 heavy (non-hydrogen) atoms. The quantitative estimate of drug-likeness (QED) is 0.0255. The van der Waals surface area contributed by atoms with E-state index in [1.54, 1.807) is 12.1 Å². The first-order valence-electron chi connectivity index (χ1n) is 31.2. The highest BCUT2D eigenvalue weighted by atomic mass is 32.1. The van der Waals surface area contributed by atoms with Crippen LogP contribution in [0.25, 0.3) is 87.4 Å². The molecule has 8 nitrogen and oxygen atoms in total. The number of fused-ring (bicyclic) bond motifs is 2. The molecule has 424 valence electrons. The fraction of sp³-hybridized carbons (Fsp3) is 0.384. The van der Waals surface area contributed by atoms with Crippen LogP contribution in [0, 0.1) is 5.92 Å². The molecule has 0 spiro atoms. The molecule has 0 radical (unpaired) electrons. The number of hydrogen-bond donors (Lipinski definition) is 1. The number of rotatable bonds is 32. The van der Waals surface area contributed by atoms with Crippen LogP contribution in [0.15, 0.2) is 133 Å². The van der Waals surface area contributed by atoms with E-state index in [2.05, 4.69) is 146 Å². The van der Waals surface area contributed by atoms with Crippen LogP contribution in [0.2, 0.25) is 0 Å². The molecule has 0 aliphatic rings. The standard InChI is InChI=1S/C73H82N4O4S/c1-5-9-13-17-18-20-26-50(25-19-14-10-6-2)49-76-65-47-63(61-44-43-57(71-72(61)75-82-74-71)51-31-33-52(34-32-51)73(78)79)60-29-23-27-58-59-28-24-30-62-64(48-66(76)70(68(59)62)69(65)67(58)60)77(53-35-39-55(40-36-53)80-45-21-15-11-7-3)54-37-41-56(42-38-54)81-46-22-16-12-8-4/h23-24,27-44,47-48,50H,5-22,25-26,45-46,49H2,1-4H3,(H,78,79).